The maximum absolute atomic E-state index is 14.3. The number of pyridine rings is 1. The monoisotopic (exact) mass is 370 g/mol. The van der Waals surface area contributed by atoms with Crippen LogP contribution >= 0.6 is 0 Å². The molecule has 28 heavy (non-hydrogen) atoms. The first-order chi connectivity index (χ1) is 13.5. The van der Waals surface area contributed by atoms with Crippen LogP contribution in [0.1, 0.15) is 21.5 Å². The van der Waals surface area contributed by atoms with Crippen molar-refractivity contribution >= 4 is 22.5 Å². The Kier molecular flexibility index (Phi) is 4.62. The van der Waals surface area contributed by atoms with Gasteiger partial charge in [-0.2, -0.15) is 0 Å². The summed E-state index contributed by atoms with van der Waals surface area (Å²) in [4.78, 5) is 17.6. The van der Waals surface area contributed by atoms with E-state index in [1.165, 1.54) is 6.07 Å². The molecule has 4 rings (SSSR count). The van der Waals surface area contributed by atoms with Crippen molar-refractivity contribution in [2.75, 3.05) is 5.32 Å². The summed E-state index contributed by atoms with van der Waals surface area (Å²) < 4.78 is 14.3. The molecule has 0 unspecified atom stereocenters. The third-order valence-electron chi connectivity index (χ3n) is 4.88. The van der Waals surface area contributed by atoms with Gasteiger partial charge in [0, 0.05) is 16.6 Å². The Morgan fingerprint density at radius 3 is 2.43 bits per heavy atom. The van der Waals surface area contributed by atoms with Crippen LogP contribution in [0, 0.1) is 19.7 Å². The summed E-state index contributed by atoms with van der Waals surface area (Å²) in [5, 5.41) is 3.68. The SMILES string of the molecule is Cc1ccc(NC(=O)c2cc(-c3ccccc3F)nc3ccccc23)cc1C. The largest absolute Gasteiger partial charge is 0.322 e. The van der Waals surface area contributed by atoms with Crippen LogP contribution in [-0.2, 0) is 0 Å². The van der Waals surface area contributed by atoms with Gasteiger partial charge in [-0.25, -0.2) is 9.37 Å². The highest BCUT2D eigenvalue weighted by Crippen LogP contribution is 2.27. The number of halogens is 1. The van der Waals surface area contributed by atoms with Crippen molar-refractivity contribution in [2.24, 2.45) is 0 Å². The van der Waals surface area contributed by atoms with Gasteiger partial charge < -0.3 is 5.32 Å². The minimum Gasteiger partial charge on any atom is -0.322 e. The molecule has 0 radical (unpaired) electrons. The van der Waals surface area contributed by atoms with Crippen LogP contribution in [0.2, 0.25) is 0 Å². The van der Waals surface area contributed by atoms with Gasteiger partial charge in [-0.05, 0) is 61.4 Å². The summed E-state index contributed by atoms with van der Waals surface area (Å²) in [5.41, 5.74) is 4.89. The number of carbonyl (C=O) groups is 1. The Morgan fingerprint density at radius 1 is 0.893 bits per heavy atom. The summed E-state index contributed by atoms with van der Waals surface area (Å²) in [6.07, 6.45) is 0. The Hall–Kier alpha value is -3.53. The summed E-state index contributed by atoms with van der Waals surface area (Å²) in [6, 6.07) is 21.3. The lowest BCUT2D eigenvalue weighted by Crippen LogP contribution is -2.13. The van der Waals surface area contributed by atoms with Crippen molar-refractivity contribution in [3.05, 3.63) is 95.3 Å². The van der Waals surface area contributed by atoms with Crippen LogP contribution in [0.15, 0.2) is 72.8 Å². The predicted octanol–water partition coefficient (Wildman–Crippen LogP) is 5.91. The molecule has 3 aromatic carbocycles. The van der Waals surface area contributed by atoms with Gasteiger partial charge in [-0.3, -0.25) is 4.79 Å². The van der Waals surface area contributed by atoms with Crippen LogP contribution in [0.5, 0.6) is 0 Å². The van der Waals surface area contributed by atoms with Crippen LogP contribution in [0.4, 0.5) is 10.1 Å². The minimum atomic E-state index is -0.370. The second kappa shape index (κ2) is 7.24. The quantitative estimate of drug-likeness (QED) is 0.487. The second-order valence-electron chi connectivity index (χ2n) is 6.81. The highest BCUT2D eigenvalue weighted by molar-refractivity contribution is 6.13. The molecule has 1 N–H and O–H groups in total. The first-order valence-corrected chi connectivity index (χ1v) is 9.06. The van der Waals surface area contributed by atoms with Crippen molar-refractivity contribution in [1.29, 1.82) is 0 Å². The molecule has 0 fully saturated rings. The standard InChI is InChI=1S/C24H19FN2O/c1-15-11-12-17(13-16(15)2)26-24(28)20-14-23(19-8-3-5-9-21(19)25)27-22-10-6-4-7-18(20)22/h3-14H,1-2H3,(H,26,28). The fraction of sp³-hybridized carbons (Fsp3) is 0.0833. The first-order valence-electron chi connectivity index (χ1n) is 9.06. The zero-order chi connectivity index (χ0) is 19.7. The number of fused-ring (bicyclic) bond motifs is 1. The zero-order valence-corrected chi connectivity index (χ0v) is 15.7. The lowest BCUT2D eigenvalue weighted by molar-refractivity contribution is 0.102. The molecule has 0 saturated carbocycles. The third kappa shape index (κ3) is 3.37. The molecule has 0 aliphatic carbocycles. The molecule has 0 bridgehead atoms. The molecule has 0 atom stereocenters. The number of benzene rings is 3. The number of rotatable bonds is 3. The number of nitrogens with zero attached hydrogens (tertiary/aromatic N) is 1. The van der Waals surface area contributed by atoms with E-state index in [9.17, 15) is 9.18 Å². The van der Waals surface area contributed by atoms with E-state index in [0.717, 1.165) is 22.2 Å². The number of nitrogens with one attached hydrogen (secondary N) is 1. The summed E-state index contributed by atoms with van der Waals surface area (Å²) in [5.74, 6) is -0.620. The van der Waals surface area contributed by atoms with E-state index in [1.54, 1.807) is 24.3 Å². The highest BCUT2D eigenvalue weighted by atomic mass is 19.1. The van der Waals surface area contributed by atoms with Crippen molar-refractivity contribution in [1.82, 2.24) is 4.98 Å². The predicted molar refractivity (Wildman–Crippen MR) is 111 cm³/mol. The first kappa shape index (κ1) is 17.9. The molecule has 0 aliphatic heterocycles. The molecule has 0 spiro atoms. The Bertz CT molecular complexity index is 1200. The summed E-state index contributed by atoms with van der Waals surface area (Å²) in [7, 11) is 0. The van der Waals surface area contributed by atoms with Crippen LogP contribution in [0.3, 0.4) is 0 Å². The topological polar surface area (TPSA) is 42.0 Å². The third-order valence-corrected chi connectivity index (χ3v) is 4.88. The summed E-state index contributed by atoms with van der Waals surface area (Å²) >= 11 is 0. The van der Waals surface area contributed by atoms with Crippen LogP contribution in [-0.4, -0.2) is 10.9 Å². The molecule has 1 aromatic heterocycles. The van der Waals surface area contributed by atoms with E-state index in [4.69, 9.17) is 0 Å². The number of anilines is 1. The van der Waals surface area contributed by atoms with Gasteiger partial charge in [-0.15, -0.1) is 0 Å². The Morgan fingerprint density at radius 2 is 1.64 bits per heavy atom. The fourth-order valence-electron chi connectivity index (χ4n) is 3.19. The maximum atomic E-state index is 14.3. The molecule has 138 valence electrons. The highest BCUT2D eigenvalue weighted by Gasteiger charge is 2.16. The Balaban J connectivity index is 1.82. The van der Waals surface area contributed by atoms with Crippen LogP contribution < -0.4 is 5.32 Å². The van der Waals surface area contributed by atoms with Gasteiger partial charge in [0.05, 0.1) is 16.8 Å². The second-order valence-corrected chi connectivity index (χ2v) is 6.81. The molecule has 0 aliphatic rings. The molecule has 3 nitrogen and oxygen atoms in total. The number of amides is 1. The van der Waals surface area contributed by atoms with E-state index in [-0.39, 0.29) is 11.7 Å². The van der Waals surface area contributed by atoms with Crippen molar-refractivity contribution in [2.45, 2.75) is 13.8 Å². The van der Waals surface area contributed by atoms with E-state index < -0.39 is 0 Å². The molecule has 4 aromatic rings. The van der Waals surface area contributed by atoms with Crippen molar-refractivity contribution < 1.29 is 9.18 Å². The van der Waals surface area contributed by atoms with E-state index in [1.807, 2.05) is 56.3 Å². The number of carbonyl (C=O) groups excluding carboxylic acids is 1. The maximum Gasteiger partial charge on any atom is 0.256 e. The van der Waals surface area contributed by atoms with Gasteiger partial charge in [-0.1, -0.05) is 36.4 Å². The van der Waals surface area contributed by atoms with E-state index in [2.05, 4.69) is 10.3 Å². The number of aryl methyl sites for hydroxylation is 2. The average Bonchev–Trinajstić information content (AvgIpc) is 2.70. The average molecular weight is 370 g/mol. The van der Waals surface area contributed by atoms with E-state index >= 15 is 0 Å². The van der Waals surface area contributed by atoms with Crippen molar-refractivity contribution in [3.63, 3.8) is 0 Å². The summed E-state index contributed by atoms with van der Waals surface area (Å²) in [6.45, 7) is 4.03. The minimum absolute atomic E-state index is 0.251. The smallest absolute Gasteiger partial charge is 0.256 e. The number of aromatic nitrogens is 1. The zero-order valence-electron chi connectivity index (χ0n) is 15.7. The Labute approximate surface area is 162 Å². The number of hydrogen-bond acceptors (Lipinski definition) is 2. The van der Waals surface area contributed by atoms with Gasteiger partial charge >= 0.3 is 0 Å². The van der Waals surface area contributed by atoms with Gasteiger partial charge in [0.2, 0.25) is 0 Å². The van der Waals surface area contributed by atoms with E-state index in [0.29, 0.717) is 22.3 Å². The molecule has 0 saturated heterocycles. The molecular formula is C24H19FN2O. The van der Waals surface area contributed by atoms with Gasteiger partial charge in [0.25, 0.3) is 5.91 Å². The normalized spacial score (nSPS) is 10.8. The van der Waals surface area contributed by atoms with Crippen LogP contribution in [0.25, 0.3) is 22.2 Å². The lowest BCUT2D eigenvalue weighted by Gasteiger charge is -2.12. The fourth-order valence-corrected chi connectivity index (χ4v) is 3.19. The molecule has 1 heterocycles. The molecular weight excluding hydrogens is 351 g/mol. The van der Waals surface area contributed by atoms with Crippen molar-refractivity contribution in [3.8, 4) is 11.3 Å². The molecule has 1 amide bonds. The molecule has 4 heteroatoms. The van der Waals surface area contributed by atoms with Gasteiger partial charge in [0.15, 0.2) is 0 Å². The van der Waals surface area contributed by atoms with Gasteiger partial charge in [0.1, 0.15) is 5.82 Å². The number of hydrogen-bond donors (Lipinski definition) is 1. The number of para-hydroxylation sites is 1. The lowest BCUT2D eigenvalue weighted by atomic mass is 10.0.